The molecule has 0 amide bonds. The number of furan rings is 1. The number of aliphatic hydroxyl groups is 1. The molecule has 0 atom stereocenters. The van der Waals surface area contributed by atoms with Crippen LogP contribution in [0.4, 0.5) is 0 Å². The van der Waals surface area contributed by atoms with Gasteiger partial charge in [0.05, 0.1) is 12.9 Å². The Morgan fingerprint density at radius 1 is 1.04 bits per heavy atom. The largest absolute Gasteiger partial charge is 0.483 e. The fourth-order valence-corrected chi connectivity index (χ4v) is 2.94. The summed E-state index contributed by atoms with van der Waals surface area (Å²) >= 11 is 0. The van der Waals surface area contributed by atoms with Crippen LogP contribution in [0.25, 0.3) is 0 Å². The van der Waals surface area contributed by atoms with E-state index in [0.717, 1.165) is 6.67 Å². The molecule has 0 radical (unpaired) electrons. The molecule has 0 unspecified atom stereocenters. The lowest BCUT2D eigenvalue weighted by atomic mass is 10.1. The topological polar surface area (TPSA) is 77.2 Å². The summed E-state index contributed by atoms with van der Waals surface area (Å²) in [5.41, 5.74) is 0. The molecule has 1 aliphatic heterocycles. The first-order chi connectivity index (χ1) is 13.7. The highest BCUT2D eigenvalue weighted by atomic mass is 16.4. The van der Waals surface area contributed by atoms with Gasteiger partial charge in [0.25, 0.3) is 6.47 Å². The summed E-state index contributed by atoms with van der Waals surface area (Å²) in [6.07, 6.45) is 20.2. The van der Waals surface area contributed by atoms with Gasteiger partial charge >= 0.3 is 0 Å². The molecular formula is C22H40N2O4. The molecular weight excluding hydrogens is 356 g/mol. The molecule has 6 nitrogen and oxygen atoms in total. The number of carbonyl (C=O) groups is 1. The second kappa shape index (κ2) is 19.8. The van der Waals surface area contributed by atoms with Gasteiger partial charge in [-0.3, -0.25) is 4.79 Å². The van der Waals surface area contributed by atoms with Crippen LogP contribution in [-0.4, -0.2) is 46.7 Å². The van der Waals surface area contributed by atoms with E-state index in [1.807, 2.05) is 0 Å². The van der Waals surface area contributed by atoms with Gasteiger partial charge in [-0.25, -0.2) is 0 Å². The van der Waals surface area contributed by atoms with Crippen LogP contribution in [0.1, 0.15) is 76.9 Å². The SMILES string of the molecule is CCCCCCCCCCCCN1C=CN(C)C1.O=CO.OCc1ccco1. The van der Waals surface area contributed by atoms with Crippen molar-refractivity contribution in [1.29, 1.82) is 0 Å². The minimum absolute atomic E-state index is 0.00694. The molecule has 0 aromatic carbocycles. The van der Waals surface area contributed by atoms with Crippen molar-refractivity contribution in [3.05, 3.63) is 36.6 Å². The molecule has 6 heteroatoms. The smallest absolute Gasteiger partial charge is 0.290 e. The summed E-state index contributed by atoms with van der Waals surface area (Å²) in [5.74, 6) is 0.611. The van der Waals surface area contributed by atoms with Gasteiger partial charge in [0, 0.05) is 26.0 Å². The van der Waals surface area contributed by atoms with Crippen molar-refractivity contribution in [3.63, 3.8) is 0 Å². The number of carboxylic acid groups (broad SMARTS) is 1. The normalized spacial score (nSPS) is 12.2. The number of hydrogen-bond donors (Lipinski definition) is 2. The third-order valence-electron chi connectivity index (χ3n) is 4.47. The summed E-state index contributed by atoms with van der Waals surface area (Å²) in [6, 6.07) is 3.46. The molecule has 0 saturated heterocycles. The Labute approximate surface area is 170 Å². The monoisotopic (exact) mass is 396 g/mol. The van der Waals surface area contributed by atoms with Crippen LogP contribution in [0.5, 0.6) is 0 Å². The summed E-state index contributed by atoms with van der Waals surface area (Å²) in [6.45, 7) is 4.34. The van der Waals surface area contributed by atoms with Crippen LogP contribution in [0.3, 0.4) is 0 Å². The summed E-state index contributed by atoms with van der Waals surface area (Å²) in [4.78, 5) is 13.0. The standard InChI is InChI=1S/C16H32N2.C5H6O2.CH2O2/c1-3-4-5-6-7-8-9-10-11-12-13-18-15-14-17(2)16-18;6-4-5-2-1-3-7-5;2-1-3/h14-15H,3-13,16H2,1-2H3;1-3,6H,4H2;1H,(H,2,3). The second-order valence-electron chi connectivity index (χ2n) is 7.03. The van der Waals surface area contributed by atoms with Crippen LogP contribution in [0.2, 0.25) is 0 Å². The van der Waals surface area contributed by atoms with Gasteiger partial charge in [-0.05, 0) is 18.6 Å². The molecule has 0 fully saturated rings. The van der Waals surface area contributed by atoms with Crippen LogP contribution in [0, 0.1) is 0 Å². The molecule has 2 heterocycles. The van der Waals surface area contributed by atoms with E-state index < -0.39 is 0 Å². The van der Waals surface area contributed by atoms with Gasteiger partial charge in [-0.1, -0.05) is 64.7 Å². The van der Waals surface area contributed by atoms with Gasteiger partial charge < -0.3 is 24.4 Å². The predicted molar refractivity (Wildman–Crippen MR) is 114 cm³/mol. The molecule has 0 bridgehead atoms. The first-order valence-electron chi connectivity index (χ1n) is 10.5. The number of hydrogen-bond acceptors (Lipinski definition) is 5. The lowest BCUT2D eigenvalue weighted by molar-refractivity contribution is -0.122. The fraction of sp³-hybridized carbons (Fsp3) is 0.682. The van der Waals surface area contributed by atoms with Gasteiger partial charge in [-0.15, -0.1) is 0 Å². The fourth-order valence-electron chi connectivity index (χ4n) is 2.94. The summed E-state index contributed by atoms with van der Waals surface area (Å²) < 4.78 is 4.73. The number of unbranched alkanes of at least 4 members (excludes halogenated alkanes) is 9. The highest BCUT2D eigenvalue weighted by Crippen LogP contribution is 2.11. The van der Waals surface area contributed by atoms with E-state index in [9.17, 15) is 0 Å². The molecule has 0 spiro atoms. The quantitative estimate of drug-likeness (QED) is 0.380. The summed E-state index contributed by atoms with van der Waals surface area (Å²) in [7, 11) is 2.13. The molecule has 162 valence electrons. The highest BCUT2D eigenvalue weighted by Gasteiger charge is 2.06. The van der Waals surface area contributed by atoms with E-state index in [-0.39, 0.29) is 13.1 Å². The molecule has 1 aliphatic rings. The number of nitrogens with zero attached hydrogens (tertiary/aromatic N) is 2. The zero-order chi connectivity index (χ0) is 20.9. The molecule has 2 N–H and O–H groups in total. The van der Waals surface area contributed by atoms with Gasteiger partial charge in [0.1, 0.15) is 12.4 Å². The first kappa shape index (κ1) is 26.1. The molecule has 0 aliphatic carbocycles. The van der Waals surface area contributed by atoms with Crippen LogP contribution in [-0.2, 0) is 11.4 Å². The van der Waals surface area contributed by atoms with Crippen molar-refractivity contribution in [3.8, 4) is 0 Å². The van der Waals surface area contributed by atoms with Crippen molar-refractivity contribution >= 4 is 6.47 Å². The Kier molecular flexibility index (Phi) is 18.4. The third kappa shape index (κ3) is 16.2. The molecule has 1 aromatic heterocycles. The zero-order valence-corrected chi connectivity index (χ0v) is 17.8. The maximum absolute atomic E-state index is 8.36. The maximum atomic E-state index is 8.36. The lowest BCUT2D eigenvalue weighted by Gasteiger charge is -2.17. The van der Waals surface area contributed by atoms with Gasteiger partial charge in [0.2, 0.25) is 0 Å². The van der Waals surface area contributed by atoms with Crippen molar-refractivity contribution in [2.75, 3.05) is 20.3 Å². The van der Waals surface area contributed by atoms with Crippen molar-refractivity contribution < 1.29 is 19.4 Å². The van der Waals surface area contributed by atoms with E-state index in [0.29, 0.717) is 5.76 Å². The van der Waals surface area contributed by atoms with Gasteiger partial charge in [-0.2, -0.15) is 0 Å². The van der Waals surface area contributed by atoms with E-state index in [2.05, 4.69) is 36.2 Å². The van der Waals surface area contributed by atoms with E-state index >= 15 is 0 Å². The maximum Gasteiger partial charge on any atom is 0.290 e. The highest BCUT2D eigenvalue weighted by molar-refractivity contribution is 5.32. The van der Waals surface area contributed by atoms with Crippen molar-refractivity contribution in [2.24, 2.45) is 0 Å². The van der Waals surface area contributed by atoms with Gasteiger partial charge in [0.15, 0.2) is 0 Å². The first-order valence-corrected chi connectivity index (χ1v) is 10.5. The molecule has 1 aromatic rings. The third-order valence-corrected chi connectivity index (χ3v) is 4.47. The number of aliphatic hydroxyl groups excluding tert-OH is 1. The van der Waals surface area contributed by atoms with Crippen LogP contribution < -0.4 is 0 Å². The molecule has 28 heavy (non-hydrogen) atoms. The summed E-state index contributed by atoms with van der Waals surface area (Å²) in [5, 5.41) is 15.2. The number of rotatable bonds is 12. The zero-order valence-electron chi connectivity index (χ0n) is 17.8. The minimum Gasteiger partial charge on any atom is -0.483 e. The second-order valence-corrected chi connectivity index (χ2v) is 7.03. The molecule has 2 rings (SSSR count). The Balaban J connectivity index is 0.000000598. The lowest BCUT2D eigenvalue weighted by Crippen LogP contribution is -2.23. The minimum atomic E-state index is -0.250. The Morgan fingerprint density at radius 2 is 1.61 bits per heavy atom. The van der Waals surface area contributed by atoms with Crippen LogP contribution in [0.15, 0.2) is 35.2 Å². The van der Waals surface area contributed by atoms with Crippen LogP contribution >= 0.6 is 0 Å². The Morgan fingerprint density at radius 3 is 2.00 bits per heavy atom. The van der Waals surface area contributed by atoms with E-state index in [1.54, 1.807) is 12.1 Å². The Hall–Kier alpha value is -1.95. The van der Waals surface area contributed by atoms with E-state index in [4.69, 9.17) is 19.4 Å². The predicted octanol–water partition coefficient (Wildman–Crippen LogP) is 5.06. The van der Waals surface area contributed by atoms with Crippen molar-refractivity contribution in [1.82, 2.24) is 9.80 Å². The average molecular weight is 397 g/mol. The average Bonchev–Trinajstić information content (AvgIpc) is 3.36. The van der Waals surface area contributed by atoms with Crippen molar-refractivity contribution in [2.45, 2.75) is 77.7 Å². The van der Waals surface area contributed by atoms with E-state index in [1.165, 1.54) is 77.0 Å². The Bertz CT molecular complexity index is 463. The molecule has 0 saturated carbocycles.